The molecule has 1 aromatic heterocycles. The van der Waals surface area contributed by atoms with Crippen molar-refractivity contribution in [3.63, 3.8) is 0 Å². The molecule has 2 rings (SSSR count). The van der Waals surface area contributed by atoms with E-state index in [2.05, 4.69) is 30.8 Å². The van der Waals surface area contributed by atoms with E-state index in [0.29, 0.717) is 6.04 Å². The van der Waals surface area contributed by atoms with Gasteiger partial charge >= 0.3 is 0 Å². The maximum Gasteiger partial charge on any atom is 0.131 e. The summed E-state index contributed by atoms with van der Waals surface area (Å²) in [4.78, 5) is 6.82. The lowest BCUT2D eigenvalue weighted by Crippen LogP contribution is -2.36. The van der Waals surface area contributed by atoms with Crippen LogP contribution in [0.5, 0.6) is 0 Å². The first-order chi connectivity index (χ1) is 8.08. The first-order valence-corrected chi connectivity index (χ1v) is 6.53. The number of nitrogen functional groups attached to an aromatic ring is 1. The van der Waals surface area contributed by atoms with Crippen molar-refractivity contribution in [2.75, 3.05) is 17.7 Å². The number of nitrogens with two attached hydrogens (primary N) is 1. The molecule has 3 nitrogen and oxygen atoms in total. The van der Waals surface area contributed by atoms with E-state index in [9.17, 15) is 0 Å². The van der Waals surface area contributed by atoms with Crippen LogP contribution in [0.3, 0.4) is 0 Å². The van der Waals surface area contributed by atoms with E-state index in [1.165, 1.54) is 31.2 Å². The van der Waals surface area contributed by atoms with Crippen molar-refractivity contribution < 1.29 is 0 Å². The molecule has 0 spiro atoms. The predicted molar refractivity (Wildman–Crippen MR) is 73.2 cm³/mol. The maximum absolute atomic E-state index is 5.75. The molecule has 0 saturated heterocycles. The van der Waals surface area contributed by atoms with Gasteiger partial charge in [0.25, 0.3) is 0 Å². The van der Waals surface area contributed by atoms with E-state index in [1.807, 2.05) is 6.07 Å². The summed E-state index contributed by atoms with van der Waals surface area (Å²) in [5.41, 5.74) is 7.67. The summed E-state index contributed by atoms with van der Waals surface area (Å²) in [5.74, 6) is 1.92. The topological polar surface area (TPSA) is 42.1 Å². The molecule has 1 fully saturated rings. The minimum absolute atomic E-state index is 0.633. The summed E-state index contributed by atoms with van der Waals surface area (Å²) in [7, 11) is 2.16. The van der Waals surface area contributed by atoms with E-state index in [4.69, 9.17) is 5.73 Å². The molecular formula is C14H23N3. The Balaban J connectivity index is 2.15. The summed E-state index contributed by atoms with van der Waals surface area (Å²) in [5, 5.41) is 0. The van der Waals surface area contributed by atoms with Gasteiger partial charge in [-0.3, -0.25) is 0 Å². The van der Waals surface area contributed by atoms with Crippen molar-refractivity contribution in [1.82, 2.24) is 4.98 Å². The Labute approximate surface area is 104 Å². The average Bonchev–Trinajstić information content (AvgIpc) is 2.28. The molecule has 94 valence electrons. The van der Waals surface area contributed by atoms with Gasteiger partial charge in [-0.1, -0.05) is 19.8 Å². The molecule has 0 radical (unpaired) electrons. The molecule has 2 atom stereocenters. The van der Waals surface area contributed by atoms with Crippen molar-refractivity contribution in [3.8, 4) is 0 Å². The monoisotopic (exact) mass is 233 g/mol. The zero-order valence-electron chi connectivity index (χ0n) is 11.1. The van der Waals surface area contributed by atoms with Crippen LogP contribution in [0, 0.1) is 12.8 Å². The molecule has 2 N–H and O–H groups in total. The Bertz CT molecular complexity index is 389. The third-order valence-electron chi connectivity index (χ3n) is 3.86. The van der Waals surface area contributed by atoms with Crippen molar-refractivity contribution in [2.24, 2.45) is 5.92 Å². The number of aryl methyl sites for hydroxylation is 1. The molecular weight excluding hydrogens is 210 g/mol. The normalized spacial score (nSPS) is 24.6. The summed E-state index contributed by atoms with van der Waals surface area (Å²) in [6.07, 6.45) is 7.03. The van der Waals surface area contributed by atoms with Crippen LogP contribution in [0.4, 0.5) is 11.5 Å². The van der Waals surface area contributed by atoms with Gasteiger partial charge in [-0.2, -0.15) is 0 Å². The highest BCUT2D eigenvalue weighted by atomic mass is 15.2. The smallest absolute Gasteiger partial charge is 0.131 e. The molecule has 3 heteroatoms. The van der Waals surface area contributed by atoms with E-state index in [1.54, 1.807) is 6.20 Å². The Hall–Kier alpha value is -1.25. The SMILES string of the molecule is Cc1cc(N)cnc1N(C)C1CCCC(C)C1. The lowest BCUT2D eigenvalue weighted by molar-refractivity contribution is 0.335. The molecule has 17 heavy (non-hydrogen) atoms. The van der Waals surface area contributed by atoms with E-state index < -0.39 is 0 Å². The zero-order chi connectivity index (χ0) is 12.4. The molecule has 1 aliphatic rings. The van der Waals surface area contributed by atoms with Gasteiger partial charge in [-0.15, -0.1) is 0 Å². The van der Waals surface area contributed by atoms with Crippen LogP contribution in [-0.4, -0.2) is 18.1 Å². The van der Waals surface area contributed by atoms with Crippen molar-refractivity contribution in [2.45, 2.75) is 45.6 Å². The summed E-state index contributed by atoms with van der Waals surface area (Å²) in [6.45, 7) is 4.44. The van der Waals surface area contributed by atoms with Crippen LogP contribution in [0.2, 0.25) is 0 Å². The van der Waals surface area contributed by atoms with Gasteiger partial charge < -0.3 is 10.6 Å². The third kappa shape index (κ3) is 2.71. The Morgan fingerprint density at radius 1 is 1.41 bits per heavy atom. The van der Waals surface area contributed by atoms with Crippen LogP contribution in [0.25, 0.3) is 0 Å². The maximum atomic E-state index is 5.75. The highest BCUT2D eigenvalue weighted by Crippen LogP contribution is 2.30. The van der Waals surface area contributed by atoms with Crippen LogP contribution >= 0.6 is 0 Å². The summed E-state index contributed by atoms with van der Waals surface area (Å²) >= 11 is 0. The van der Waals surface area contributed by atoms with Crippen LogP contribution in [0.15, 0.2) is 12.3 Å². The van der Waals surface area contributed by atoms with Gasteiger partial charge in [0.1, 0.15) is 5.82 Å². The minimum Gasteiger partial charge on any atom is -0.397 e. The first kappa shape index (κ1) is 12.2. The van der Waals surface area contributed by atoms with E-state index in [0.717, 1.165) is 17.4 Å². The predicted octanol–water partition coefficient (Wildman–Crippen LogP) is 2.99. The molecule has 1 heterocycles. The van der Waals surface area contributed by atoms with Gasteiger partial charge in [-0.25, -0.2) is 4.98 Å². The number of rotatable bonds is 2. The summed E-state index contributed by atoms with van der Waals surface area (Å²) in [6, 6.07) is 2.64. The van der Waals surface area contributed by atoms with E-state index in [-0.39, 0.29) is 0 Å². The number of pyridine rings is 1. The summed E-state index contributed by atoms with van der Waals surface area (Å²) < 4.78 is 0. The molecule has 0 bridgehead atoms. The van der Waals surface area contributed by atoms with Gasteiger partial charge in [-0.05, 0) is 37.3 Å². The van der Waals surface area contributed by atoms with Gasteiger partial charge in [0.15, 0.2) is 0 Å². The van der Waals surface area contributed by atoms with Crippen molar-refractivity contribution in [1.29, 1.82) is 0 Å². The number of hydrogen-bond acceptors (Lipinski definition) is 3. The second kappa shape index (κ2) is 4.94. The largest absolute Gasteiger partial charge is 0.397 e. The Morgan fingerprint density at radius 2 is 2.18 bits per heavy atom. The minimum atomic E-state index is 0.633. The van der Waals surface area contributed by atoms with Crippen LogP contribution in [-0.2, 0) is 0 Å². The van der Waals surface area contributed by atoms with Gasteiger partial charge in [0.05, 0.1) is 11.9 Å². The molecule has 0 amide bonds. The lowest BCUT2D eigenvalue weighted by atomic mass is 9.86. The number of hydrogen-bond donors (Lipinski definition) is 1. The third-order valence-corrected chi connectivity index (χ3v) is 3.86. The Morgan fingerprint density at radius 3 is 2.82 bits per heavy atom. The number of aromatic nitrogens is 1. The molecule has 1 aliphatic carbocycles. The highest BCUT2D eigenvalue weighted by molar-refractivity contribution is 5.52. The standard InChI is InChI=1S/C14H23N3/c1-10-5-4-6-13(7-10)17(3)14-11(2)8-12(15)9-16-14/h8-10,13H,4-7,15H2,1-3H3. The average molecular weight is 233 g/mol. The molecule has 2 unspecified atom stereocenters. The number of anilines is 2. The lowest BCUT2D eigenvalue weighted by Gasteiger charge is -2.35. The second-order valence-electron chi connectivity index (χ2n) is 5.45. The Kier molecular flexibility index (Phi) is 3.55. The zero-order valence-corrected chi connectivity index (χ0v) is 11.1. The molecule has 1 aromatic rings. The fraction of sp³-hybridized carbons (Fsp3) is 0.643. The first-order valence-electron chi connectivity index (χ1n) is 6.53. The quantitative estimate of drug-likeness (QED) is 0.854. The van der Waals surface area contributed by atoms with Crippen LogP contribution in [0.1, 0.15) is 38.2 Å². The number of nitrogens with zero attached hydrogens (tertiary/aromatic N) is 2. The molecule has 1 saturated carbocycles. The van der Waals surface area contributed by atoms with Crippen molar-refractivity contribution in [3.05, 3.63) is 17.8 Å². The van der Waals surface area contributed by atoms with E-state index >= 15 is 0 Å². The highest BCUT2D eigenvalue weighted by Gasteiger charge is 2.23. The van der Waals surface area contributed by atoms with Gasteiger partial charge in [0, 0.05) is 13.1 Å². The molecule has 0 aromatic carbocycles. The van der Waals surface area contributed by atoms with Gasteiger partial charge in [0.2, 0.25) is 0 Å². The second-order valence-corrected chi connectivity index (χ2v) is 5.45. The van der Waals surface area contributed by atoms with Crippen molar-refractivity contribution >= 4 is 11.5 Å². The fourth-order valence-corrected chi connectivity index (χ4v) is 2.89. The fourth-order valence-electron chi connectivity index (χ4n) is 2.89. The van der Waals surface area contributed by atoms with Crippen LogP contribution < -0.4 is 10.6 Å². The molecule has 0 aliphatic heterocycles.